The van der Waals surface area contributed by atoms with Gasteiger partial charge in [-0.1, -0.05) is 35.6 Å². The number of nitrogens with one attached hydrogen (secondary N) is 1. The molecule has 0 saturated carbocycles. The molecule has 3 rings (SSSR count). The van der Waals surface area contributed by atoms with Gasteiger partial charge in [0.2, 0.25) is 16.2 Å². The molecule has 0 unspecified atom stereocenters. The van der Waals surface area contributed by atoms with Crippen molar-refractivity contribution < 1.29 is 4.79 Å². The van der Waals surface area contributed by atoms with Gasteiger partial charge in [0.25, 0.3) is 0 Å². The first-order valence-corrected chi connectivity index (χ1v) is 6.50. The number of fused-ring (bicyclic) bond motifs is 1. The number of nitrogens with zero attached hydrogens (tertiary/aromatic N) is 2. The highest BCUT2D eigenvalue weighted by Gasteiger charge is 2.27. The van der Waals surface area contributed by atoms with Gasteiger partial charge in [-0.2, -0.15) is 0 Å². The van der Waals surface area contributed by atoms with Crippen LogP contribution in [0.1, 0.15) is 11.1 Å². The number of nitrogens with two attached hydrogens (primary N) is 1. The van der Waals surface area contributed by atoms with Crippen LogP contribution in [-0.2, 0) is 17.6 Å². The number of benzene rings is 1. The number of nitrogen functional groups attached to an aromatic ring is 1. The minimum Gasteiger partial charge on any atom is -0.374 e. The molecule has 0 fully saturated rings. The first-order chi connectivity index (χ1) is 8.72. The number of carbonyl (C=O) groups is 1. The molecule has 1 amide bonds. The molecule has 0 spiro atoms. The van der Waals surface area contributed by atoms with Gasteiger partial charge in [-0.05, 0) is 24.0 Å². The van der Waals surface area contributed by atoms with E-state index >= 15 is 0 Å². The summed E-state index contributed by atoms with van der Waals surface area (Å²) in [6, 6.07) is 8.16. The van der Waals surface area contributed by atoms with E-state index in [0.29, 0.717) is 10.3 Å². The Bertz CT molecular complexity index is 570. The van der Waals surface area contributed by atoms with E-state index in [2.05, 4.69) is 27.6 Å². The zero-order valence-electron chi connectivity index (χ0n) is 9.59. The summed E-state index contributed by atoms with van der Waals surface area (Å²) in [4.78, 5) is 12.1. The second-order valence-corrected chi connectivity index (χ2v) is 5.32. The molecule has 6 heteroatoms. The van der Waals surface area contributed by atoms with Crippen molar-refractivity contribution in [3.63, 3.8) is 0 Å². The second-order valence-electron chi connectivity index (χ2n) is 4.31. The summed E-state index contributed by atoms with van der Waals surface area (Å²) >= 11 is 1.18. The smallest absolute Gasteiger partial charge is 0.229 e. The zero-order chi connectivity index (χ0) is 12.5. The Kier molecular flexibility index (Phi) is 2.71. The summed E-state index contributed by atoms with van der Waals surface area (Å²) in [5, 5.41) is 11.0. The van der Waals surface area contributed by atoms with Gasteiger partial charge >= 0.3 is 0 Å². The van der Waals surface area contributed by atoms with Crippen LogP contribution in [0.2, 0.25) is 0 Å². The maximum Gasteiger partial charge on any atom is 0.229 e. The number of rotatable bonds is 2. The summed E-state index contributed by atoms with van der Waals surface area (Å²) in [6.07, 6.45) is 1.58. The van der Waals surface area contributed by atoms with Crippen LogP contribution in [0.4, 0.5) is 10.3 Å². The minimum absolute atomic E-state index is 0.0117. The third kappa shape index (κ3) is 2.06. The number of anilines is 2. The average molecular weight is 260 g/mol. The number of hydrogen-bond acceptors (Lipinski definition) is 5. The number of hydrogen-bond donors (Lipinski definition) is 2. The van der Waals surface area contributed by atoms with Crippen molar-refractivity contribution in [1.29, 1.82) is 0 Å². The van der Waals surface area contributed by atoms with Gasteiger partial charge in [-0.25, -0.2) is 0 Å². The van der Waals surface area contributed by atoms with Crippen molar-refractivity contribution >= 4 is 27.5 Å². The van der Waals surface area contributed by atoms with E-state index in [9.17, 15) is 4.79 Å². The predicted octanol–water partition coefficient (Wildman–Crippen LogP) is 1.47. The standard InChI is InChI=1S/C12H12N4OS/c13-11-15-16-12(18-11)14-10(17)9-5-7-3-1-2-4-8(7)6-9/h1-4,9H,5-6H2,(H2,13,15)(H,14,16,17). The van der Waals surface area contributed by atoms with Crippen LogP contribution < -0.4 is 11.1 Å². The average Bonchev–Trinajstić information content (AvgIpc) is 2.95. The lowest BCUT2D eigenvalue weighted by Crippen LogP contribution is -2.23. The molecule has 1 heterocycles. The first-order valence-electron chi connectivity index (χ1n) is 5.69. The molecule has 5 nitrogen and oxygen atoms in total. The Morgan fingerprint density at radius 1 is 1.28 bits per heavy atom. The topological polar surface area (TPSA) is 80.9 Å². The monoisotopic (exact) mass is 260 g/mol. The molecule has 0 atom stereocenters. The maximum absolute atomic E-state index is 12.1. The quantitative estimate of drug-likeness (QED) is 0.857. The molecule has 0 bridgehead atoms. The van der Waals surface area contributed by atoms with E-state index in [1.807, 2.05) is 12.1 Å². The molecular weight excluding hydrogens is 248 g/mol. The van der Waals surface area contributed by atoms with Crippen molar-refractivity contribution in [2.45, 2.75) is 12.8 Å². The highest BCUT2D eigenvalue weighted by atomic mass is 32.1. The summed E-state index contributed by atoms with van der Waals surface area (Å²) < 4.78 is 0. The molecule has 1 aromatic carbocycles. The van der Waals surface area contributed by atoms with Crippen LogP contribution in [0.3, 0.4) is 0 Å². The van der Waals surface area contributed by atoms with Crippen LogP contribution in [0, 0.1) is 5.92 Å². The Labute approximate surface area is 108 Å². The lowest BCUT2D eigenvalue weighted by atomic mass is 10.1. The van der Waals surface area contributed by atoms with Crippen molar-refractivity contribution in [2.24, 2.45) is 5.92 Å². The van der Waals surface area contributed by atoms with Crippen LogP contribution >= 0.6 is 11.3 Å². The summed E-state index contributed by atoms with van der Waals surface area (Å²) in [5.41, 5.74) is 7.99. The summed E-state index contributed by atoms with van der Waals surface area (Å²) in [5.74, 6) is -0.0325. The predicted molar refractivity (Wildman–Crippen MR) is 70.3 cm³/mol. The SMILES string of the molecule is Nc1nnc(NC(=O)C2Cc3ccccc3C2)s1. The third-order valence-electron chi connectivity index (χ3n) is 3.09. The van der Waals surface area contributed by atoms with Gasteiger partial charge in [-0.3, -0.25) is 4.79 Å². The van der Waals surface area contributed by atoms with Gasteiger partial charge in [0.15, 0.2) is 0 Å². The molecule has 92 valence electrons. The summed E-state index contributed by atoms with van der Waals surface area (Å²) in [6.45, 7) is 0. The number of amides is 1. The molecule has 0 aliphatic heterocycles. The lowest BCUT2D eigenvalue weighted by Gasteiger charge is -2.07. The van der Waals surface area contributed by atoms with Crippen LogP contribution in [0.5, 0.6) is 0 Å². The maximum atomic E-state index is 12.1. The highest BCUT2D eigenvalue weighted by molar-refractivity contribution is 7.18. The Balaban J connectivity index is 1.69. The third-order valence-corrected chi connectivity index (χ3v) is 3.76. The van der Waals surface area contributed by atoms with Crippen molar-refractivity contribution in [3.8, 4) is 0 Å². The van der Waals surface area contributed by atoms with Crippen molar-refractivity contribution in [3.05, 3.63) is 35.4 Å². The summed E-state index contributed by atoms with van der Waals surface area (Å²) in [7, 11) is 0. The van der Waals surface area contributed by atoms with Gasteiger partial charge in [-0.15, -0.1) is 10.2 Å². The van der Waals surface area contributed by atoms with Gasteiger partial charge < -0.3 is 11.1 Å². The molecular formula is C12H12N4OS. The van der Waals surface area contributed by atoms with Gasteiger partial charge in [0.1, 0.15) is 0 Å². The number of aromatic nitrogens is 2. The van der Waals surface area contributed by atoms with Crippen molar-refractivity contribution in [2.75, 3.05) is 11.1 Å². The molecule has 2 aromatic rings. The highest BCUT2D eigenvalue weighted by Crippen LogP contribution is 2.27. The van der Waals surface area contributed by atoms with Crippen LogP contribution in [0.25, 0.3) is 0 Å². The second kappa shape index (κ2) is 4.38. The number of carbonyl (C=O) groups excluding carboxylic acids is 1. The molecule has 18 heavy (non-hydrogen) atoms. The van der Waals surface area contributed by atoms with E-state index in [4.69, 9.17) is 5.73 Å². The Morgan fingerprint density at radius 3 is 2.50 bits per heavy atom. The Hall–Kier alpha value is -1.95. The van der Waals surface area contributed by atoms with E-state index in [-0.39, 0.29) is 11.8 Å². The Morgan fingerprint density at radius 2 is 1.94 bits per heavy atom. The van der Waals surface area contributed by atoms with E-state index in [1.165, 1.54) is 22.5 Å². The normalized spacial score (nSPS) is 14.4. The largest absolute Gasteiger partial charge is 0.374 e. The van der Waals surface area contributed by atoms with Gasteiger partial charge in [0.05, 0.1) is 0 Å². The van der Waals surface area contributed by atoms with Gasteiger partial charge in [0, 0.05) is 5.92 Å². The molecule has 1 aliphatic rings. The van der Waals surface area contributed by atoms with Crippen molar-refractivity contribution in [1.82, 2.24) is 10.2 Å². The van der Waals surface area contributed by atoms with Crippen LogP contribution in [0.15, 0.2) is 24.3 Å². The molecule has 0 radical (unpaired) electrons. The first kappa shape index (κ1) is 11.2. The van der Waals surface area contributed by atoms with E-state index in [1.54, 1.807) is 0 Å². The fourth-order valence-electron chi connectivity index (χ4n) is 2.24. The fraction of sp³-hybridized carbons (Fsp3) is 0.250. The van der Waals surface area contributed by atoms with E-state index < -0.39 is 0 Å². The minimum atomic E-state index is -0.0208. The van der Waals surface area contributed by atoms with Crippen LogP contribution in [-0.4, -0.2) is 16.1 Å². The molecule has 1 aliphatic carbocycles. The molecule has 1 aromatic heterocycles. The van der Waals surface area contributed by atoms with E-state index in [0.717, 1.165) is 12.8 Å². The molecule has 3 N–H and O–H groups in total. The fourth-order valence-corrected chi connectivity index (χ4v) is 2.75. The zero-order valence-corrected chi connectivity index (χ0v) is 10.4. The molecule has 0 saturated heterocycles. The lowest BCUT2D eigenvalue weighted by molar-refractivity contribution is -0.119.